The van der Waals surface area contributed by atoms with Gasteiger partial charge in [-0.2, -0.15) is 0 Å². The molecule has 0 unspecified atom stereocenters. The number of carbonyl (C=O) groups excluding carboxylic acids is 2. The van der Waals surface area contributed by atoms with E-state index in [9.17, 15) is 14.7 Å². The smallest absolute Gasteiger partial charge is 0.295 e. The third-order valence-electron chi connectivity index (χ3n) is 5.81. The molecule has 8 heteroatoms. The molecule has 0 saturated carbocycles. The summed E-state index contributed by atoms with van der Waals surface area (Å²) in [4.78, 5) is 38.4. The monoisotopic (exact) mass is 433 g/mol. The fraction of sp³-hybridized carbons (Fsp3) is 0.333. The summed E-state index contributed by atoms with van der Waals surface area (Å²) in [5.41, 5.74) is 3.47. The standard InChI is InChI=1S/C24H27N5O3/c1-15-7-5-13-28-19(16(2)26-23(15)28)21(30)18-20(17-8-10-25-11-9-17)29(24(32)22(18)31)14-6-12-27(3)4/h5,7-11,13,20,30H,6,12,14H2,1-4H3/b21-18+/t20-/m1/s1. The number of aryl methyl sites for hydroxylation is 2. The zero-order valence-corrected chi connectivity index (χ0v) is 18.7. The Kier molecular flexibility index (Phi) is 5.80. The molecule has 1 amide bonds. The molecule has 1 fully saturated rings. The molecule has 166 valence electrons. The number of Topliss-reactive ketones (excluding diaryl/α,β-unsaturated/α-hetero) is 1. The fourth-order valence-electron chi connectivity index (χ4n) is 4.29. The second kappa shape index (κ2) is 8.55. The summed E-state index contributed by atoms with van der Waals surface area (Å²) in [6.07, 6.45) is 5.75. The minimum absolute atomic E-state index is 0.0810. The van der Waals surface area contributed by atoms with E-state index in [-0.39, 0.29) is 11.3 Å². The van der Waals surface area contributed by atoms with E-state index in [1.54, 1.807) is 46.9 Å². The third-order valence-corrected chi connectivity index (χ3v) is 5.81. The van der Waals surface area contributed by atoms with Gasteiger partial charge in [-0.05, 0) is 70.2 Å². The highest BCUT2D eigenvalue weighted by Crippen LogP contribution is 2.39. The number of amides is 1. The molecule has 0 radical (unpaired) electrons. The van der Waals surface area contributed by atoms with Gasteiger partial charge >= 0.3 is 0 Å². The van der Waals surface area contributed by atoms with Gasteiger partial charge in [0.1, 0.15) is 11.3 Å². The summed E-state index contributed by atoms with van der Waals surface area (Å²) >= 11 is 0. The fourth-order valence-corrected chi connectivity index (χ4v) is 4.29. The molecule has 4 heterocycles. The van der Waals surface area contributed by atoms with E-state index in [0.717, 1.165) is 17.7 Å². The molecule has 32 heavy (non-hydrogen) atoms. The van der Waals surface area contributed by atoms with E-state index in [1.165, 1.54) is 0 Å². The lowest BCUT2D eigenvalue weighted by atomic mass is 9.97. The molecule has 0 bridgehead atoms. The molecule has 1 saturated heterocycles. The van der Waals surface area contributed by atoms with Crippen molar-refractivity contribution in [2.24, 2.45) is 0 Å². The summed E-state index contributed by atoms with van der Waals surface area (Å²) in [5.74, 6) is -1.50. The SMILES string of the molecule is Cc1nc2c(C)cccn2c1/C(O)=C1\C(=O)C(=O)N(CCCN(C)C)[C@@H]1c1ccncc1. The van der Waals surface area contributed by atoms with Crippen LogP contribution in [0.2, 0.25) is 0 Å². The number of nitrogens with zero attached hydrogens (tertiary/aromatic N) is 5. The maximum Gasteiger partial charge on any atom is 0.295 e. The number of hydrogen-bond donors (Lipinski definition) is 1. The predicted molar refractivity (Wildman–Crippen MR) is 121 cm³/mol. The van der Waals surface area contributed by atoms with E-state index in [1.807, 2.05) is 38.1 Å². The number of hydrogen-bond acceptors (Lipinski definition) is 6. The van der Waals surface area contributed by atoms with Crippen molar-refractivity contribution in [2.45, 2.75) is 26.3 Å². The van der Waals surface area contributed by atoms with Gasteiger partial charge in [-0.15, -0.1) is 0 Å². The molecule has 3 aromatic rings. The maximum absolute atomic E-state index is 13.2. The second-order valence-corrected chi connectivity index (χ2v) is 8.36. The van der Waals surface area contributed by atoms with Crippen molar-refractivity contribution in [3.8, 4) is 0 Å². The molecule has 1 aliphatic rings. The summed E-state index contributed by atoms with van der Waals surface area (Å²) in [6, 6.07) is 6.66. The topological polar surface area (TPSA) is 91.0 Å². The molecule has 1 aliphatic heterocycles. The number of carbonyl (C=O) groups is 2. The van der Waals surface area contributed by atoms with Crippen LogP contribution in [-0.2, 0) is 9.59 Å². The number of pyridine rings is 2. The highest BCUT2D eigenvalue weighted by molar-refractivity contribution is 6.46. The lowest BCUT2D eigenvalue weighted by Crippen LogP contribution is -2.32. The first-order chi connectivity index (χ1) is 15.3. The van der Waals surface area contributed by atoms with Crippen LogP contribution in [-0.4, -0.2) is 68.2 Å². The van der Waals surface area contributed by atoms with Crippen LogP contribution in [0.3, 0.4) is 0 Å². The van der Waals surface area contributed by atoms with Gasteiger partial charge in [0.05, 0.1) is 17.3 Å². The van der Waals surface area contributed by atoms with Crippen LogP contribution in [0.15, 0.2) is 48.4 Å². The Morgan fingerprint density at radius 2 is 1.88 bits per heavy atom. The van der Waals surface area contributed by atoms with Crippen LogP contribution in [0.5, 0.6) is 0 Å². The third kappa shape index (κ3) is 3.67. The Labute approximate surface area is 186 Å². The van der Waals surface area contributed by atoms with Crippen molar-refractivity contribution < 1.29 is 14.7 Å². The van der Waals surface area contributed by atoms with Crippen molar-refractivity contribution in [1.82, 2.24) is 24.2 Å². The summed E-state index contributed by atoms with van der Waals surface area (Å²) < 4.78 is 1.77. The average Bonchev–Trinajstić information content (AvgIpc) is 3.23. The van der Waals surface area contributed by atoms with Crippen LogP contribution in [0.4, 0.5) is 0 Å². The van der Waals surface area contributed by atoms with E-state index in [4.69, 9.17) is 0 Å². The zero-order chi connectivity index (χ0) is 23.0. The summed E-state index contributed by atoms with van der Waals surface area (Å²) in [6.45, 7) is 4.90. The zero-order valence-electron chi connectivity index (χ0n) is 18.7. The van der Waals surface area contributed by atoms with Gasteiger partial charge in [0.15, 0.2) is 5.76 Å². The van der Waals surface area contributed by atoms with Gasteiger partial charge < -0.3 is 14.9 Å². The Morgan fingerprint density at radius 1 is 1.16 bits per heavy atom. The van der Waals surface area contributed by atoms with Crippen molar-refractivity contribution in [3.05, 3.63) is 70.9 Å². The number of aromatic nitrogens is 3. The van der Waals surface area contributed by atoms with Gasteiger partial charge in [-0.25, -0.2) is 4.98 Å². The first-order valence-electron chi connectivity index (χ1n) is 10.6. The average molecular weight is 434 g/mol. The van der Waals surface area contributed by atoms with Crippen molar-refractivity contribution in [3.63, 3.8) is 0 Å². The van der Waals surface area contributed by atoms with Gasteiger partial charge in [-0.1, -0.05) is 6.07 Å². The highest BCUT2D eigenvalue weighted by atomic mass is 16.3. The lowest BCUT2D eigenvalue weighted by molar-refractivity contribution is -0.139. The number of rotatable bonds is 6. The molecular formula is C24H27N5O3. The molecular weight excluding hydrogens is 406 g/mol. The van der Waals surface area contributed by atoms with Crippen molar-refractivity contribution in [2.75, 3.05) is 27.2 Å². The predicted octanol–water partition coefficient (Wildman–Crippen LogP) is 2.72. The minimum atomic E-state index is -0.685. The van der Waals surface area contributed by atoms with Gasteiger partial charge in [0.25, 0.3) is 11.7 Å². The van der Waals surface area contributed by atoms with Crippen LogP contribution < -0.4 is 0 Å². The van der Waals surface area contributed by atoms with Gasteiger partial charge in [-0.3, -0.25) is 19.0 Å². The van der Waals surface area contributed by atoms with E-state index >= 15 is 0 Å². The van der Waals surface area contributed by atoms with Gasteiger partial charge in [0.2, 0.25) is 0 Å². The first kappa shape index (κ1) is 21.7. The van der Waals surface area contributed by atoms with Crippen LogP contribution in [0, 0.1) is 13.8 Å². The normalized spacial score (nSPS) is 18.3. The van der Waals surface area contributed by atoms with Crippen LogP contribution in [0.25, 0.3) is 11.4 Å². The molecule has 0 aliphatic carbocycles. The minimum Gasteiger partial charge on any atom is -0.505 e. The number of aliphatic hydroxyl groups is 1. The number of likely N-dealkylation sites (tertiary alicyclic amines) is 1. The van der Waals surface area contributed by atoms with E-state index in [2.05, 4.69) is 9.97 Å². The largest absolute Gasteiger partial charge is 0.505 e. The van der Waals surface area contributed by atoms with Crippen LogP contribution >= 0.6 is 0 Å². The van der Waals surface area contributed by atoms with E-state index in [0.29, 0.717) is 30.0 Å². The molecule has 0 spiro atoms. The number of ketones is 1. The van der Waals surface area contributed by atoms with Crippen molar-refractivity contribution >= 4 is 23.1 Å². The highest BCUT2D eigenvalue weighted by Gasteiger charge is 2.46. The number of imidazole rings is 1. The Morgan fingerprint density at radius 3 is 2.56 bits per heavy atom. The first-order valence-corrected chi connectivity index (χ1v) is 10.6. The lowest BCUT2D eigenvalue weighted by Gasteiger charge is -2.25. The second-order valence-electron chi connectivity index (χ2n) is 8.36. The molecule has 8 nitrogen and oxygen atoms in total. The Bertz CT molecular complexity index is 1210. The molecule has 3 aromatic heterocycles. The molecule has 1 atom stereocenters. The van der Waals surface area contributed by atoms with Crippen molar-refractivity contribution in [1.29, 1.82) is 0 Å². The maximum atomic E-state index is 13.2. The molecule has 0 aromatic carbocycles. The van der Waals surface area contributed by atoms with Crippen LogP contribution in [0.1, 0.15) is 35.0 Å². The summed E-state index contributed by atoms with van der Waals surface area (Å²) in [7, 11) is 3.92. The Hall–Kier alpha value is -3.52. The molecule has 4 rings (SSSR count). The number of fused-ring (bicyclic) bond motifs is 1. The van der Waals surface area contributed by atoms with E-state index < -0.39 is 17.7 Å². The quantitative estimate of drug-likeness (QED) is 0.365. The Balaban J connectivity index is 1.88. The molecule has 1 N–H and O–H groups in total. The number of aliphatic hydroxyl groups excluding tert-OH is 1. The van der Waals surface area contributed by atoms with Gasteiger partial charge in [0, 0.05) is 25.1 Å². The summed E-state index contributed by atoms with van der Waals surface area (Å²) in [5, 5.41) is 11.4.